The average molecular weight is 256 g/mol. The summed E-state index contributed by atoms with van der Waals surface area (Å²) in [6.07, 6.45) is 0.630. The van der Waals surface area contributed by atoms with Crippen LogP contribution in [0.2, 0.25) is 5.02 Å². The average Bonchev–Trinajstić information content (AvgIpc) is 2.29. The number of aliphatic carboxylic acids is 1. The molecule has 5 heteroatoms. The van der Waals surface area contributed by atoms with E-state index in [0.717, 1.165) is 0 Å². The van der Waals surface area contributed by atoms with Gasteiger partial charge in [-0.1, -0.05) is 11.6 Å². The fourth-order valence-corrected chi connectivity index (χ4v) is 1.43. The van der Waals surface area contributed by atoms with Crippen LogP contribution in [0.4, 0.5) is 0 Å². The molecule has 0 aromatic heterocycles. The van der Waals surface area contributed by atoms with Crippen LogP contribution in [-0.2, 0) is 4.79 Å². The Labute approximate surface area is 105 Å². The van der Waals surface area contributed by atoms with Gasteiger partial charge in [0.15, 0.2) is 5.78 Å². The minimum Gasteiger partial charge on any atom is -0.481 e. The first kappa shape index (κ1) is 13.7. The van der Waals surface area contributed by atoms with Crippen LogP contribution in [0, 0.1) is 0 Å². The quantitative estimate of drug-likeness (QED) is 0.578. The van der Waals surface area contributed by atoms with Crippen molar-refractivity contribution in [1.82, 2.24) is 5.32 Å². The van der Waals surface area contributed by atoms with Crippen molar-refractivity contribution in [2.45, 2.75) is 12.8 Å². The van der Waals surface area contributed by atoms with Gasteiger partial charge in [0.1, 0.15) is 0 Å². The van der Waals surface area contributed by atoms with E-state index in [4.69, 9.17) is 16.7 Å². The summed E-state index contributed by atoms with van der Waals surface area (Å²) >= 11 is 5.71. The second-order valence-corrected chi connectivity index (χ2v) is 4.04. The van der Waals surface area contributed by atoms with E-state index >= 15 is 0 Å². The smallest absolute Gasteiger partial charge is 0.303 e. The van der Waals surface area contributed by atoms with Crippen LogP contribution in [0.3, 0.4) is 0 Å². The number of carbonyl (C=O) groups excluding carboxylic acids is 1. The third-order valence-electron chi connectivity index (χ3n) is 2.20. The van der Waals surface area contributed by atoms with Gasteiger partial charge in [-0.25, -0.2) is 0 Å². The van der Waals surface area contributed by atoms with Crippen LogP contribution in [0.15, 0.2) is 24.3 Å². The van der Waals surface area contributed by atoms with E-state index in [-0.39, 0.29) is 18.7 Å². The molecule has 0 unspecified atom stereocenters. The number of Topliss-reactive ketones (excluding diaryl/α,β-unsaturated/α-hetero) is 1. The molecular formula is C12H14ClNO3. The standard InChI is InChI=1S/C12H14ClNO3/c13-10-5-3-9(4-6-10)11(15)8-14-7-1-2-12(16)17/h3-6,14H,1-2,7-8H2,(H,16,17). The fraction of sp³-hybridized carbons (Fsp3) is 0.333. The van der Waals surface area contributed by atoms with Crippen molar-refractivity contribution in [3.05, 3.63) is 34.9 Å². The molecule has 0 radical (unpaired) electrons. The van der Waals surface area contributed by atoms with Crippen molar-refractivity contribution >= 4 is 23.4 Å². The molecule has 0 amide bonds. The lowest BCUT2D eigenvalue weighted by Gasteiger charge is -2.03. The van der Waals surface area contributed by atoms with E-state index in [2.05, 4.69) is 5.32 Å². The van der Waals surface area contributed by atoms with Gasteiger partial charge in [0.2, 0.25) is 0 Å². The molecule has 0 heterocycles. The van der Waals surface area contributed by atoms with E-state index in [1.807, 2.05) is 0 Å². The number of ketones is 1. The van der Waals surface area contributed by atoms with E-state index in [9.17, 15) is 9.59 Å². The minimum absolute atomic E-state index is 0.0306. The van der Waals surface area contributed by atoms with Crippen LogP contribution in [0.1, 0.15) is 23.2 Å². The largest absolute Gasteiger partial charge is 0.481 e. The van der Waals surface area contributed by atoms with Gasteiger partial charge in [-0.3, -0.25) is 9.59 Å². The lowest BCUT2D eigenvalue weighted by atomic mass is 10.1. The molecule has 2 N–H and O–H groups in total. The molecule has 1 aromatic carbocycles. The van der Waals surface area contributed by atoms with E-state index in [0.29, 0.717) is 23.6 Å². The van der Waals surface area contributed by atoms with Gasteiger partial charge in [-0.15, -0.1) is 0 Å². The Bertz CT molecular complexity index is 389. The lowest BCUT2D eigenvalue weighted by molar-refractivity contribution is -0.137. The van der Waals surface area contributed by atoms with E-state index in [1.165, 1.54) is 0 Å². The molecule has 1 aromatic rings. The molecule has 0 aliphatic heterocycles. The third kappa shape index (κ3) is 5.47. The second-order valence-electron chi connectivity index (χ2n) is 3.60. The van der Waals surface area contributed by atoms with Crippen LogP contribution in [0.25, 0.3) is 0 Å². The predicted octanol–water partition coefficient (Wildman–Crippen LogP) is 1.98. The molecule has 0 fully saturated rings. The van der Waals surface area contributed by atoms with Gasteiger partial charge in [0.25, 0.3) is 0 Å². The van der Waals surface area contributed by atoms with Crippen molar-refractivity contribution in [3.8, 4) is 0 Å². The Morgan fingerprint density at radius 1 is 1.24 bits per heavy atom. The monoisotopic (exact) mass is 255 g/mol. The van der Waals surface area contributed by atoms with Gasteiger partial charge < -0.3 is 10.4 Å². The summed E-state index contributed by atoms with van der Waals surface area (Å²) in [6.45, 7) is 0.729. The summed E-state index contributed by atoms with van der Waals surface area (Å²) in [6, 6.07) is 6.67. The highest BCUT2D eigenvalue weighted by atomic mass is 35.5. The summed E-state index contributed by atoms with van der Waals surface area (Å²) < 4.78 is 0. The van der Waals surface area contributed by atoms with Crippen molar-refractivity contribution in [1.29, 1.82) is 0 Å². The molecule has 0 saturated heterocycles. The van der Waals surface area contributed by atoms with Crippen molar-refractivity contribution in [2.24, 2.45) is 0 Å². The second kappa shape index (κ2) is 7.04. The van der Waals surface area contributed by atoms with Gasteiger partial charge in [0, 0.05) is 17.0 Å². The zero-order valence-electron chi connectivity index (χ0n) is 9.28. The molecular weight excluding hydrogens is 242 g/mol. The topological polar surface area (TPSA) is 66.4 Å². The molecule has 1 rings (SSSR count). The number of rotatable bonds is 7. The Morgan fingerprint density at radius 2 is 1.88 bits per heavy atom. The van der Waals surface area contributed by atoms with Gasteiger partial charge in [-0.2, -0.15) is 0 Å². The minimum atomic E-state index is -0.823. The molecule has 0 aliphatic rings. The summed E-state index contributed by atoms with van der Waals surface area (Å²) in [5, 5.41) is 11.9. The molecule has 92 valence electrons. The highest BCUT2D eigenvalue weighted by molar-refractivity contribution is 6.30. The number of carboxylic acid groups (broad SMARTS) is 1. The lowest BCUT2D eigenvalue weighted by Crippen LogP contribution is -2.24. The number of carboxylic acids is 1. The third-order valence-corrected chi connectivity index (χ3v) is 2.45. The first-order valence-corrected chi connectivity index (χ1v) is 5.68. The molecule has 0 saturated carbocycles. The Kier molecular flexibility index (Phi) is 5.66. The fourth-order valence-electron chi connectivity index (χ4n) is 1.30. The van der Waals surface area contributed by atoms with Crippen LogP contribution in [-0.4, -0.2) is 29.9 Å². The number of carbonyl (C=O) groups is 2. The highest BCUT2D eigenvalue weighted by Gasteiger charge is 2.04. The first-order valence-electron chi connectivity index (χ1n) is 5.31. The normalized spacial score (nSPS) is 10.2. The SMILES string of the molecule is O=C(O)CCCNCC(=O)c1ccc(Cl)cc1. The zero-order chi connectivity index (χ0) is 12.7. The van der Waals surface area contributed by atoms with Crippen molar-refractivity contribution < 1.29 is 14.7 Å². The van der Waals surface area contributed by atoms with Gasteiger partial charge >= 0.3 is 5.97 Å². The number of halogens is 1. The van der Waals surface area contributed by atoms with Crippen LogP contribution in [0.5, 0.6) is 0 Å². The maximum absolute atomic E-state index is 11.6. The summed E-state index contributed by atoms with van der Waals surface area (Å²) in [5.74, 6) is -0.854. The van der Waals surface area contributed by atoms with E-state index in [1.54, 1.807) is 24.3 Å². The molecule has 0 bridgehead atoms. The highest BCUT2D eigenvalue weighted by Crippen LogP contribution is 2.09. The summed E-state index contributed by atoms with van der Waals surface area (Å²) in [4.78, 5) is 21.9. The number of hydrogen-bond donors (Lipinski definition) is 2. The van der Waals surface area contributed by atoms with Crippen LogP contribution >= 0.6 is 11.6 Å². The van der Waals surface area contributed by atoms with E-state index < -0.39 is 5.97 Å². The zero-order valence-corrected chi connectivity index (χ0v) is 10.0. The molecule has 4 nitrogen and oxygen atoms in total. The number of nitrogens with one attached hydrogen (secondary N) is 1. The Hall–Kier alpha value is -1.39. The summed E-state index contributed by atoms with van der Waals surface area (Å²) in [7, 11) is 0. The molecule has 17 heavy (non-hydrogen) atoms. The predicted molar refractivity (Wildman–Crippen MR) is 65.5 cm³/mol. The molecule has 0 aliphatic carbocycles. The van der Waals surface area contributed by atoms with Crippen LogP contribution < -0.4 is 5.32 Å². The molecule has 0 spiro atoms. The van der Waals surface area contributed by atoms with Crippen molar-refractivity contribution in [3.63, 3.8) is 0 Å². The molecule has 0 atom stereocenters. The van der Waals surface area contributed by atoms with Gasteiger partial charge in [0.05, 0.1) is 6.54 Å². The number of benzene rings is 1. The van der Waals surface area contributed by atoms with Crippen molar-refractivity contribution in [2.75, 3.05) is 13.1 Å². The first-order chi connectivity index (χ1) is 8.09. The Balaban J connectivity index is 2.25. The maximum Gasteiger partial charge on any atom is 0.303 e. The number of hydrogen-bond acceptors (Lipinski definition) is 3. The summed E-state index contributed by atoms with van der Waals surface area (Å²) in [5.41, 5.74) is 0.597. The Morgan fingerprint density at radius 3 is 2.47 bits per heavy atom. The van der Waals surface area contributed by atoms with Gasteiger partial charge in [-0.05, 0) is 37.2 Å². The maximum atomic E-state index is 11.6.